The van der Waals surface area contributed by atoms with E-state index in [9.17, 15) is 4.79 Å². The van der Waals surface area contributed by atoms with Crippen molar-refractivity contribution in [3.8, 4) is 0 Å². The van der Waals surface area contributed by atoms with Gasteiger partial charge < -0.3 is 10.2 Å². The first kappa shape index (κ1) is 18.3. The van der Waals surface area contributed by atoms with Gasteiger partial charge in [-0.05, 0) is 18.4 Å². The Morgan fingerprint density at radius 1 is 1.12 bits per heavy atom. The highest BCUT2D eigenvalue weighted by molar-refractivity contribution is 5.81. The van der Waals surface area contributed by atoms with E-state index in [4.69, 9.17) is 0 Å². The number of nitrogens with zero attached hydrogens (tertiary/aromatic N) is 4. The largest absolute Gasteiger partial charge is 0.354 e. The molecule has 6 heteroatoms. The zero-order chi connectivity index (χ0) is 18.4. The van der Waals surface area contributed by atoms with E-state index in [1.807, 2.05) is 25.1 Å². The van der Waals surface area contributed by atoms with Crippen LogP contribution in [0.4, 0.5) is 5.82 Å². The second-order valence-electron chi connectivity index (χ2n) is 6.82. The van der Waals surface area contributed by atoms with Gasteiger partial charge in [0.1, 0.15) is 5.82 Å². The SMILES string of the molecule is C[C@H](CNC(=O)[C@H](C)N1CCN(c2cnccn2)CC1)c1ccccc1. The molecule has 6 nitrogen and oxygen atoms in total. The predicted octanol–water partition coefficient (Wildman–Crippen LogP) is 1.91. The average Bonchev–Trinajstić information content (AvgIpc) is 2.72. The van der Waals surface area contributed by atoms with Crippen LogP contribution >= 0.6 is 0 Å². The number of hydrogen-bond donors (Lipinski definition) is 1. The zero-order valence-corrected chi connectivity index (χ0v) is 15.5. The fraction of sp³-hybridized carbons (Fsp3) is 0.450. The van der Waals surface area contributed by atoms with Crippen LogP contribution in [0.1, 0.15) is 25.3 Å². The quantitative estimate of drug-likeness (QED) is 0.860. The highest BCUT2D eigenvalue weighted by atomic mass is 16.2. The summed E-state index contributed by atoms with van der Waals surface area (Å²) in [7, 11) is 0. The van der Waals surface area contributed by atoms with Crippen molar-refractivity contribution in [3.63, 3.8) is 0 Å². The summed E-state index contributed by atoms with van der Waals surface area (Å²) in [6.07, 6.45) is 5.19. The first-order chi connectivity index (χ1) is 12.6. The lowest BCUT2D eigenvalue weighted by molar-refractivity contribution is -0.126. The minimum absolute atomic E-state index is 0.0979. The van der Waals surface area contributed by atoms with Gasteiger partial charge in [0.05, 0.1) is 12.2 Å². The number of hydrogen-bond acceptors (Lipinski definition) is 5. The fourth-order valence-corrected chi connectivity index (χ4v) is 3.26. The molecule has 1 amide bonds. The Labute approximate surface area is 155 Å². The summed E-state index contributed by atoms with van der Waals surface area (Å²) in [5.74, 6) is 1.31. The number of carbonyl (C=O) groups excluding carboxylic acids is 1. The number of rotatable bonds is 6. The molecule has 0 radical (unpaired) electrons. The van der Waals surface area contributed by atoms with Crippen LogP contribution in [-0.4, -0.2) is 59.5 Å². The highest BCUT2D eigenvalue weighted by Crippen LogP contribution is 2.15. The number of amides is 1. The third-order valence-electron chi connectivity index (χ3n) is 5.07. The molecule has 2 heterocycles. The molecule has 0 spiro atoms. The molecule has 1 aliphatic heterocycles. The van der Waals surface area contributed by atoms with Crippen LogP contribution < -0.4 is 10.2 Å². The molecule has 26 heavy (non-hydrogen) atoms. The van der Waals surface area contributed by atoms with Gasteiger partial charge in [-0.15, -0.1) is 0 Å². The van der Waals surface area contributed by atoms with Crippen LogP contribution in [0.15, 0.2) is 48.9 Å². The molecule has 138 valence electrons. The van der Waals surface area contributed by atoms with Gasteiger partial charge in [-0.2, -0.15) is 0 Å². The Morgan fingerprint density at radius 2 is 1.85 bits per heavy atom. The molecule has 0 aliphatic carbocycles. The standard InChI is InChI=1S/C20H27N5O/c1-16(18-6-4-3-5-7-18)14-23-20(26)17(2)24-10-12-25(13-11-24)19-15-21-8-9-22-19/h3-9,15-17H,10-14H2,1-2H3,(H,23,26)/t16-,17+/m1/s1. The van der Waals surface area contributed by atoms with Gasteiger partial charge in [0.2, 0.25) is 5.91 Å². The molecular weight excluding hydrogens is 326 g/mol. The Hall–Kier alpha value is -2.47. The molecule has 0 unspecified atom stereocenters. The molecule has 1 aliphatic rings. The maximum atomic E-state index is 12.5. The number of carbonyl (C=O) groups is 1. The van der Waals surface area contributed by atoms with Crippen molar-refractivity contribution in [2.75, 3.05) is 37.6 Å². The lowest BCUT2D eigenvalue weighted by Gasteiger charge is -2.37. The summed E-state index contributed by atoms with van der Waals surface area (Å²) < 4.78 is 0. The molecule has 3 rings (SSSR count). The zero-order valence-electron chi connectivity index (χ0n) is 15.5. The monoisotopic (exact) mass is 353 g/mol. The van der Waals surface area contributed by atoms with Crippen LogP contribution in [0, 0.1) is 0 Å². The maximum absolute atomic E-state index is 12.5. The lowest BCUT2D eigenvalue weighted by atomic mass is 10.0. The molecule has 0 saturated carbocycles. The number of benzene rings is 1. The third-order valence-corrected chi connectivity index (χ3v) is 5.07. The van der Waals surface area contributed by atoms with E-state index in [1.54, 1.807) is 18.6 Å². The molecule has 1 saturated heterocycles. The van der Waals surface area contributed by atoms with Crippen LogP contribution in [0.3, 0.4) is 0 Å². The lowest BCUT2D eigenvalue weighted by Crippen LogP contribution is -2.54. The van der Waals surface area contributed by atoms with E-state index in [1.165, 1.54) is 5.56 Å². The van der Waals surface area contributed by atoms with E-state index >= 15 is 0 Å². The molecule has 2 atom stereocenters. The van der Waals surface area contributed by atoms with Gasteiger partial charge >= 0.3 is 0 Å². The molecule has 1 aromatic heterocycles. The van der Waals surface area contributed by atoms with Crippen LogP contribution in [0.2, 0.25) is 0 Å². The highest BCUT2D eigenvalue weighted by Gasteiger charge is 2.26. The minimum atomic E-state index is -0.123. The van der Waals surface area contributed by atoms with Crippen LogP contribution in [-0.2, 0) is 4.79 Å². The van der Waals surface area contributed by atoms with Crippen molar-refractivity contribution in [2.24, 2.45) is 0 Å². The van der Waals surface area contributed by atoms with E-state index in [-0.39, 0.29) is 11.9 Å². The van der Waals surface area contributed by atoms with Crippen molar-refractivity contribution in [1.82, 2.24) is 20.2 Å². The predicted molar refractivity (Wildman–Crippen MR) is 103 cm³/mol. The summed E-state index contributed by atoms with van der Waals surface area (Å²) in [5, 5.41) is 3.10. The van der Waals surface area contributed by atoms with Crippen molar-refractivity contribution < 1.29 is 4.79 Å². The number of piperazine rings is 1. The summed E-state index contributed by atoms with van der Waals surface area (Å²) in [4.78, 5) is 25.5. The van der Waals surface area contributed by atoms with Crippen molar-refractivity contribution in [2.45, 2.75) is 25.8 Å². The van der Waals surface area contributed by atoms with Crippen molar-refractivity contribution in [1.29, 1.82) is 0 Å². The number of anilines is 1. The Morgan fingerprint density at radius 3 is 2.50 bits per heavy atom. The van der Waals surface area contributed by atoms with Crippen LogP contribution in [0.5, 0.6) is 0 Å². The van der Waals surface area contributed by atoms with Crippen molar-refractivity contribution in [3.05, 3.63) is 54.5 Å². The Kier molecular flexibility index (Phi) is 6.17. The topological polar surface area (TPSA) is 61.4 Å². The van der Waals surface area contributed by atoms with Crippen LogP contribution in [0.25, 0.3) is 0 Å². The minimum Gasteiger partial charge on any atom is -0.354 e. The second-order valence-corrected chi connectivity index (χ2v) is 6.82. The molecule has 1 aromatic carbocycles. The maximum Gasteiger partial charge on any atom is 0.237 e. The van der Waals surface area contributed by atoms with E-state index in [0.29, 0.717) is 12.5 Å². The van der Waals surface area contributed by atoms with E-state index in [2.05, 4.69) is 44.1 Å². The smallest absolute Gasteiger partial charge is 0.237 e. The third kappa shape index (κ3) is 4.58. The summed E-state index contributed by atoms with van der Waals surface area (Å²) in [6, 6.07) is 10.2. The average molecular weight is 353 g/mol. The number of nitrogens with one attached hydrogen (secondary N) is 1. The van der Waals surface area contributed by atoms with E-state index < -0.39 is 0 Å². The fourth-order valence-electron chi connectivity index (χ4n) is 3.26. The van der Waals surface area contributed by atoms with Gasteiger partial charge in [-0.1, -0.05) is 37.3 Å². The normalized spacial score (nSPS) is 17.5. The van der Waals surface area contributed by atoms with Gasteiger partial charge in [0.25, 0.3) is 0 Å². The number of aromatic nitrogens is 2. The second kappa shape index (κ2) is 8.76. The molecule has 2 aromatic rings. The first-order valence-electron chi connectivity index (χ1n) is 9.23. The summed E-state index contributed by atoms with van der Waals surface area (Å²) in [5.41, 5.74) is 1.25. The van der Waals surface area contributed by atoms with Gasteiger partial charge in [0.15, 0.2) is 0 Å². The van der Waals surface area contributed by atoms with E-state index in [0.717, 1.165) is 32.0 Å². The Balaban J connectivity index is 1.46. The molecule has 0 bridgehead atoms. The van der Waals surface area contributed by atoms with Gasteiger partial charge in [-0.3, -0.25) is 14.7 Å². The molecule has 1 N–H and O–H groups in total. The summed E-state index contributed by atoms with van der Waals surface area (Å²) >= 11 is 0. The molecule has 1 fully saturated rings. The first-order valence-corrected chi connectivity index (χ1v) is 9.23. The Bertz CT molecular complexity index is 686. The van der Waals surface area contributed by atoms with Gasteiger partial charge in [-0.25, -0.2) is 4.98 Å². The van der Waals surface area contributed by atoms with Crippen molar-refractivity contribution >= 4 is 11.7 Å². The van der Waals surface area contributed by atoms with Gasteiger partial charge in [0, 0.05) is 45.1 Å². The summed E-state index contributed by atoms with van der Waals surface area (Å²) in [6.45, 7) is 8.19. The molecular formula is C20H27N5O.